The number of nitrogens with one attached hydrogen (secondary N) is 2. The molecule has 166 valence electrons. The molecule has 0 bridgehead atoms. The number of hydrogen-bond acceptors (Lipinski definition) is 3. The molecule has 1 atom stereocenters. The zero-order valence-electron chi connectivity index (χ0n) is 17.4. The van der Waals surface area contributed by atoms with Gasteiger partial charge in [0.2, 0.25) is 10.0 Å². The number of primary sulfonamides is 1. The third-order valence-electron chi connectivity index (χ3n) is 4.98. The van der Waals surface area contributed by atoms with Gasteiger partial charge in [-0.1, -0.05) is 39.0 Å². The predicted octanol–water partition coefficient (Wildman–Crippen LogP) is 3.68. The number of aromatic amines is 1. The van der Waals surface area contributed by atoms with Crippen molar-refractivity contribution in [1.82, 2.24) is 10.3 Å². The number of carbonyl (C=O) groups is 1. The lowest BCUT2D eigenvalue weighted by molar-refractivity contribution is -0.138. The smallest absolute Gasteiger partial charge is 0.353 e. The molecule has 10 heteroatoms. The second kappa shape index (κ2) is 8.07. The van der Waals surface area contributed by atoms with Gasteiger partial charge in [-0.15, -0.1) is 0 Å². The minimum atomic E-state index is -4.51. The van der Waals surface area contributed by atoms with Crippen LogP contribution in [0, 0.1) is 19.3 Å². The molecule has 30 heavy (non-hydrogen) atoms. The van der Waals surface area contributed by atoms with Crippen LogP contribution in [-0.4, -0.2) is 25.4 Å². The number of rotatable bonds is 5. The molecule has 0 spiro atoms. The van der Waals surface area contributed by atoms with E-state index in [1.165, 1.54) is 32.0 Å². The van der Waals surface area contributed by atoms with Crippen LogP contribution in [0.15, 0.2) is 29.2 Å². The van der Waals surface area contributed by atoms with Crippen molar-refractivity contribution in [2.75, 3.05) is 0 Å². The van der Waals surface area contributed by atoms with Gasteiger partial charge in [0.05, 0.1) is 5.56 Å². The Morgan fingerprint density at radius 2 is 1.73 bits per heavy atom. The monoisotopic (exact) mass is 445 g/mol. The van der Waals surface area contributed by atoms with Crippen LogP contribution in [0.4, 0.5) is 13.2 Å². The van der Waals surface area contributed by atoms with E-state index in [0.29, 0.717) is 0 Å². The van der Waals surface area contributed by atoms with Crippen LogP contribution in [-0.2, 0) is 22.6 Å². The first-order valence-corrected chi connectivity index (χ1v) is 10.8. The van der Waals surface area contributed by atoms with Crippen LogP contribution >= 0.6 is 0 Å². The van der Waals surface area contributed by atoms with Crippen molar-refractivity contribution in [3.63, 3.8) is 0 Å². The predicted molar refractivity (Wildman–Crippen MR) is 107 cm³/mol. The maximum absolute atomic E-state index is 13.4. The van der Waals surface area contributed by atoms with Crippen molar-refractivity contribution in [2.24, 2.45) is 10.6 Å². The lowest BCUT2D eigenvalue weighted by atomic mass is 9.82. The molecule has 0 saturated heterocycles. The first-order valence-electron chi connectivity index (χ1n) is 9.21. The summed E-state index contributed by atoms with van der Waals surface area (Å²) in [6.07, 6.45) is -4.56. The van der Waals surface area contributed by atoms with Gasteiger partial charge < -0.3 is 10.3 Å². The topological polar surface area (TPSA) is 105 Å². The number of sulfonamides is 1. The lowest BCUT2D eigenvalue weighted by Crippen LogP contribution is -2.45. The summed E-state index contributed by atoms with van der Waals surface area (Å²) in [7, 11) is -4.04. The van der Waals surface area contributed by atoms with Gasteiger partial charge in [-0.05, 0) is 42.9 Å². The summed E-state index contributed by atoms with van der Waals surface area (Å²) in [6, 6.07) is 4.57. The van der Waals surface area contributed by atoms with E-state index in [1.807, 2.05) is 0 Å². The Bertz CT molecular complexity index is 1050. The van der Waals surface area contributed by atoms with Crippen LogP contribution in [0.3, 0.4) is 0 Å². The van der Waals surface area contributed by atoms with Crippen molar-refractivity contribution in [1.29, 1.82) is 0 Å². The fraction of sp³-hybridized carbons (Fsp3) is 0.450. The Hall–Kier alpha value is -2.33. The average molecular weight is 446 g/mol. The summed E-state index contributed by atoms with van der Waals surface area (Å²) in [6.45, 7) is 8.33. The number of benzene rings is 1. The van der Waals surface area contributed by atoms with Gasteiger partial charge >= 0.3 is 6.18 Å². The Morgan fingerprint density at radius 3 is 2.20 bits per heavy atom. The number of aromatic nitrogens is 1. The molecule has 1 aromatic heterocycles. The fourth-order valence-electron chi connectivity index (χ4n) is 3.39. The summed E-state index contributed by atoms with van der Waals surface area (Å²) in [5.74, 6) is -0.616. The lowest BCUT2D eigenvalue weighted by Gasteiger charge is -2.32. The number of aryl methyl sites for hydroxylation is 1. The largest absolute Gasteiger partial charge is 0.416 e. The number of hydrogen-bond donors (Lipinski definition) is 3. The second-order valence-electron chi connectivity index (χ2n) is 8.38. The van der Waals surface area contributed by atoms with E-state index >= 15 is 0 Å². The molecule has 1 aromatic carbocycles. The number of alkyl halides is 3. The first kappa shape index (κ1) is 23.9. The third-order valence-corrected chi connectivity index (χ3v) is 6.16. The Kier molecular flexibility index (Phi) is 6.44. The molecule has 4 N–H and O–H groups in total. The molecule has 0 saturated carbocycles. The molecular formula is C20H26F3N3O3S. The number of H-pyrrole nitrogens is 1. The molecule has 0 radical (unpaired) electrons. The highest BCUT2D eigenvalue weighted by molar-refractivity contribution is 7.89. The molecule has 1 amide bonds. The van der Waals surface area contributed by atoms with Crippen molar-refractivity contribution < 1.29 is 26.4 Å². The van der Waals surface area contributed by atoms with E-state index in [0.717, 1.165) is 6.07 Å². The molecule has 0 aliphatic rings. The van der Waals surface area contributed by atoms with E-state index in [1.54, 1.807) is 20.8 Å². The van der Waals surface area contributed by atoms with Gasteiger partial charge in [0.15, 0.2) is 0 Å². The van der Waals surface area contributed by atoms with E-state index < -0.39 is 39.1 Å². The molecular weight excluding hydrogens is 419 g/mol. The van der Waals surface area contributed by atoms with Crippen LogP contribution < -0.4 is 10.5 Å². The summed E-state index contributed by atoms with van der Waals surface area (Å²) >= 11 is 0. The Balaban J connectivity index is 2.40. The third kappa shape index (κ3) is 5.23. The fourth-order valence-corrected chi connectivity index (χ4v) is 4.39. The average Bonchev–Trinajstić information content (AvgIpc) is 2.87. The van der Waals surface area contributed by atoms with E-state index in [4.69, 9.17) is 5.14 Å². The van der Waals surface area contributed by atoms with Gasteiger partial charge in [0, 0.05) is 11.7 Å². The number of nitrogens with two attached hydrogens (primary N) is 1. The van der Waals surface area contributed by atoms with Gasteiger partial charge in [0.25, 0.3) is 5.91 Å². The zero-order valence-corrected chi connectivity index (χ0v) is 18.3. The number of halogens is 3. The van der Waals surface area contributed by atoms with Crippen LogP contribution in [0.25, 0.3) is 0 Å². The van der Waals surface area contributed by atoms with Crippen molar-refractivity contribution in [3.05, 3.63) is 52.3 Å². The number of amides is 1. The van der Waals surface area contributed by atoms with Crippen LogP contribution in [0.2, 0.25) is 0 Å². The highest BCUT2D eigenvalue weighted by Crippen LogP contribution is 2.34. The van der Waals surface area contributed by atoms with Crippen LogP contribution in [0.5, 0.6) is 0 Å². The molecule has 2 aromatic rings. The molecule has 2 rings (SSSR count). The molecule has 0 aliphatic carbocycles. The molecule has 1 heterocycles. The second-order valence-corrected chi connectivity index (χ2v) is 9.87. The van der Waals surface area contributed by atoms with Gasteiger partial charge in [0.1, 0.15) is 10.6 Å². The van der Waals surface area contributed by atoms with Gasteiger partial charge in [-0.25, -0.2) is 13.6 Å². The standard InChI is InChI=1S/C20H26F3N3O3S/c1-11-16(25-12(2)17(11)30(24,28)29)18(27)26-15(19(3,4)5)10-13-8-6-7-9-14(13)20(21,22)23/h6-9,15,25H,10H2,1-5H3,(H,26,27)(H2,24,28,29)/t15-/m0/s1. The van der Waals surface area contributed by atoms with E-state index in [-0.39, 0.29) is 33.8 Å². The van der Waals surface area contributed by atoms with Crippen molar-refractivity contribution in [2.45, 2.75) is 58.2 Å². The summed E-state index contributed by atoms with van der Waals surface area (Å²) in [5, 5.41) is 7.98. The Labute approximate surface area is 174 Å². The summed E-state index contributed by atoms with van der Waals surface area (Å²) in [5.41, 5.74) is -0.875. The highest BCUT2D eigenvalue weighted by Gasteiger charge is 2.36. The highest BCUT2D eigenvalue weighted by atomic mass is 32.2. The number of carbonyl (C=O) groups excluding carboxylic acids is 1. The van der Waals surface area contributed by atoms with Gasteiger partial charge in [-0.2, -0.15) is 13.2 Å². The van der Waals surface area contributed by atoms with Crippen LogP contribution in [0.1, 0.15) is 53.6 Å². The SMILES string of the molecule is Cc1[nH]c(C(=O)N[C@@H](Cc2ccccc2C(F)(F)F)C(C)(C)C)c(C)c1S(N)(=O)=O. The summed E-state index contributed by atoms with van der Waals surface area (Å²) < 4.78 is 63.7. The zero-order chi connectivity index (χ0) is 23.1. The maximum Gasteiger partial charge on any atom is 0.416 e. The van der Waals surface area contributed by atoms with E-state index in [9.17, 15) is 26.4 Å². The normalized spacial score (nSPS) is 13.9. The molecule has 0 aliphatic heterocycles. The van der Waals surface area contributed by atoms with Crippen molar-refractivity contribution >= 4 is 15.9 Å². The minimum Gasteiger partial charge on any atom is -0.353 e. The molecule has 0 unspecified atom stereocenters. The quantitative estimate of drug-likeness (QED) is 0.654. The Morgan fingerprint density at radius 1 is 1.17 bits per heavy atom. The van der Waals surface area contributed by atoms with E-state index in [2.05, 4.69) is 10.3 Å². The maximum atomic E-state index is 13.4. The molecule has 6 nitrogen and oxygen atoms in total. The molecule has 0 fully saturated rings. The minimum absolute atomic E-state index is 0.00915. The first-order chi connectivity index (χ1) is 13.5. The van der Waals surface area contributed by atoms with Crippen molar-refractivity contribution in [3.8, 4) is 0 Å². The summed E-state index contributed by atoms with van der Waals surface area (Å²) in [4.78, 5) is 15.4. The van der Waals surface area contributed by atoms with Gasteiger partial charge in [-0.3, -0.25) is 4.79 Å².